The number of ether oxygens (including phenoxy) is 2. The predicted molar refractivity (Wildman–Crippen MR) is 88.2 cm³/mol. The topological polar surface area (TPSA) is 72.8 Å². The summed E-state index contributed by atoms with van der Waals surface area (Å²) in [5, 5.41) is 8.35. The van der Waals surface area contributed by atoms with Crippen molar-refractivity contribution in [3.8, 4) is 11.5 Å². The molecule has 0 spiro atoms. The van der Waals surface area contributed by atoms with Crippen LogP contribution in [0.2, 0.25) is 0 Å². The molecule has 0 saturated heterocycles. The molecule has 9 heteroatoms. The van der Waals surface area contributed by atoms with Gasteiger partial charge in [0.25, 0.3) is 0 Å². The molecule has 0 heterocycles. The highest BCUT2D eigenvalue weighted by molar-refractivity contribution is 5.85. The van der Waals surface area contributed by atoms with Gasteiger partial charge in [-0.25, -0.2) is 4.79 Å². The Morgan fingerprint density at radius 2 is 1.37 bits per heavy atom. The monoisotopic (exact) mass is 386 g/mol. The standard InChI is InChI=1S/C10H8F2O3.C8H6F2O2/c11-10(12)15-8-3-1-2-7(6-8)4-5-9(13)14;9-8(10)12-7-3-1-2-6(4-7)5-11/h1-6,10H,(H,13,14);1-5,8H. The van der Waals surface area contributed by atoms with E-state index in [0.29, 0.717) is 17.4 Å². The van der Waals surface area contributed by atoms with Gasteiger partial charge in [0.1, 0.15) is 17.8 Å². The molecule has 2 aromatic rings. The Morgan fingerprint density at radius 1 is 0.889 bits per heavy atom. The molecule has 0 radical (unpaired) electrons. The van der Waals surface area contributed by atoms with Crippen LogP contribution in [-0.2, 0) is 4.79 Å². The fourth-order valence-electron chi connectivity index (χ4n) is 1.73. The Kier molecular flexibility index (Phi) is 9.07. The summed E-state index contributed by atoms with van der Waals surface area (Å²) in [5.74, 6) is -1.11. The van der Waals surface area contributed by atoms with Gasteiger partial charge < -0.3 is 14.6 Å². The van der Waals surface area contributed by atoms with Crippen molar-refractivity contribution in [3.05, 3.63) is 65.7 Å². The molecule has 0 amide bonds. The van der Waals surface area contributed by atoms with E-state index >= 15 is 0 Å². The maximum Gasteiger partial charge on any atom is 0.387 e. The summed E-state index contributed by atoms with van der Waals surface area (Å²) in [6, 6.07) is 11.4. The molecule has 144 valence electrons. The third-order valence-corrected chi connectivity index (χ3v) is 2.72. The van der Waals surface area contributed by atoms with E-state index in [-0.39, 0.29) is 11.5 Å². The van der Waals surface area contributed by atoms with E-state index in [2.05, 4.69) is 9.47 Å². The first-order valence-electron chi connectivity index (χ1n) is 7.26. The number of alkyl halides is 4. The first-order valence-corrected chi connectivity index (χ1v) is 7.26. The molecule has 5 nitrogen and oxygen atoms in total. The molecule has 0 aromatic heterocycles. The summed E-state index contributed by atoms with van der Waals surface area (Å²) in [4.78, 5) is 20.4. The van der Waals surface area contributed by atoms with Crippen molar-refractivity contribution in [1.82, 2.24) is 0 Å². The third kappa shape index (κ3) is 9.63. The molecule has 0 saturated carbocycles. The second-order valence-electron chi connectivity index (χ2n) is 4.69. The molecule has 0 aliphatic carbocycles. The number of rotatable bonds is 7. The molecular formula is C18H14F4O5. The van der Waals surface area contributed by atoms with Crippen molar-refractivity contribution in [3.63, 3.8) is 0 Å². The van der Waals surface area contributed by atoms with Crippen LogP contribution in [0.3, 0.4) is 0 Å². The number of carboxylic acids is 1. The zero-order chi connectivity index (χ0) is 20.2. The first-order chi connectivity index (χ1) is 12.8. The molecule has 2 rings (SSSR count). The summed E-state index contributed by atoms with van der Waals surface area (Å²) < 4.78 is 55.2. The number of hydrogen-bond acceptors (Lipinski definition) is 4. The quantitative estimate of drug-likeness (QED) is 0.431. The third-order valence-electron chi connectivity index (χ3n) is 2.72. The van der Waals surface area contributed by atoms with Crippen LogP contribution in [0.25, 0.3) is 6.08 Å². The minimum Gasteiger partial charge on any atom is -0.478 e. The molecule has 0 bridgehead atoms. The lowest BCUT2D eigenvalue weighted by molar-refractivity contribution is -0.131. The number of aliphatic carboxylic acids is 1. The highest BCUT2D eigenvalue weighted by Crippen LogP contribution is 2.17. The van der Waals surface area contributed by atoms with E-state index < -0.39 is 19.2 Å². The first kappa shape index (κ1) is 21.7. The van der Waals surface area contributed by atoms with Gasteiger partial charge in [-0.1, -0.05) is 24.3 Å². The van der Waals surface area contributed by atoms with E-state index in [1.54, 1.807) is 6.07 Å². The number of carboxylic acid groups (broad SMARTS) is 1. The molecule has 0 fully saturated rings. The fourth-order valence-corrected chi connectivity index (χ4v) is 1.73. The Bertz CT molecular complexity index is 778. The largest absolute Gasteiger partial charge is 0.478 e. The summed E-state index contributed by atoms with van der Waals surface area (Å²) in [6.07, 6.45) is 2.78. The van der Waals surface area contributed by atoms with Crippen molar-refractivity contribution >= 4 is 18.3 Å². The van der Waals surface area contributed by atoms with E-state index in [4.69, 9.17) is 5.11 Å². The maximum atomic E-state index is 11.8. The Balaban J connectivity index is 0.000000277. The number of benzene rings is 2. The molecule has 27 heavy (non-hydrogen) atoms. The minimum absolute atomic E-state index is 0.00228. The summed E-state index contributed by atoms with van der Waals surface area (Å²) in [5.41, 5.74) is 0.795. The van der Waals surface area contributed by atoms with Gasteiger partial charge in [0, 0.05) is 11.6 Å². The zero-order valence-corrected chi connectivity index (χ0v) is 13.6. The summed E-state index contributed by atoms with van der Waals surface area (Å²) >= 11 is 0. The van der Waals surface area contributed by atoms with Crippen LogP contribution < -0.4 is 9.47 Å². The number of aldehydes is 1. The van der Waals surface area contributed by atoms with Crippen LogP contribution >= 0.6 is 0 Å². The van der Waals surface area contributed by atoms with Crippen molar-refractivity contribution in [2.24, 2.45) is 0 Å². The lowest BCUT2D eigenvalue weighted by Crippen LogP contribution is -2.01. The van der Waals surface area contributed by atoms with Crippen molar-refractivity contribution < 1.29 is 41.7 Å². The number of carbonyl (C=O) groups is 2. The Labute approximate surface area is 151 Å². The summed E-state index contributed by atoms with van der Waals surface area (Å²) in [6.45, 7) is -5.74. The van der Waals surface area contributed by atoms with Crippen LogP contribution in [-0.4, -0.2) is 30.6 Å². The predicted octanol–water partition coefficient (Wildman–Crippen LogP) is 4.49. The van der Waals surface area contributed by atoms with E-state index in [1.807, 2.05) is 0 Å². The van der Waals surface area contributed by atoms with Gasteiger partial charge >= 0.3 is 19.2 Å². The van der Waals surface area contributed by atoms with E-state index in [1.165, 1.54) is 48.5 Å². The van der Waals surface area contributed by atoms with Gasteiger partial charge in [0.05, 0.1) is 0 Å². The van der Waals surface area contributed by atoms with Crippen LogP contribution in [0.4, 0.5) is 17.6 Å². The molecular weight excluding hydrogens is 372 g/mol. The van der Waals surface area contributed by atoms with Gasteiger partial charge in [0.2, 0.25) is 0 Å². The summed E-state index contributed by atoms with van der Waals surface area (Å²) in [7, 11) is 0. The SMILES string of the molecule is O=C(O)C=Cc1cccc(OC(F)F)c1.O=Cc1cccc(OC(F)F)c1. The average Bonchev–Trinajstić information content (AvgIpc) is 2.60. The van der Waals surface area contributed by atoms with Gasteiger partial charge in [0.15, 0.2) is 0 Å². The highest BCUT2D eigenvalue weighted by Gasteiger charge is 2.04. The smallest absolute Gasteiger partial charge is 0.387 e. The molecule has 0 atom stereocenters. The number of halogens is 4. The van der Waals surface area contributed by atoms with Gasteiger partial charge in [-0.2, -0.15) is 17.6 Å². The molecule has 1 N–H and O–H groups in total. The maximum absolute atomic E-state index is 11.8. The minimum atomic E-state index is -2.89. The van der Waals surface area contributed by atoms with Crippen molar-refractivity contribution in [2.75, 3.05) is 0 Å². The van der Waals surface area contributed by atoms with Crippen LogP contribution in [0, 0.1) is 0 Å². The molecule has 0 aliphatic rings. The van der Waals surface area contributed by atoms with Gasteiger partial charge in [-0.3, -0.25) is 4.79 Å². The van der Waals surface area contributed by atoms with Crippen LogP contribution in [0.5, 0.6) is 11.5 Å². The second kappa shape index (κ2) is 11.3. The lowest BCUT2D eigenvalue weighted by atomic mass is 10.2. The Morgan fingerprint density at radius 3 is 1.81 bits per heavy atom. The van der Waals surface area contributed by atoms with Crippen LogP contribution in [0.1, 0.15) is 15.9 Å². The van der Waals surface area contributed by atoms with Gasteiger partial charge in [-0.05, 0) is 35.9 Å². The van der Waals surface area contributed by atoms with Crippen molar-refractivity contribution in [2.45, 2.75) is 13.2 Å². The van der Waals surface area contributed by atoms with Crippen molar-refractivity contribution in [1.29, 1.82) is 0 Å². The molecule has 2 aromatic carbocycles. The van der Waals surface area contributed by atoms with E-state index in [9.17, 15) is 27.2 Å². The van der Waals surface area contributed by atoms with E-state index in [0.717, 1.165) is 6.08 Å². The van der Waals surface area contributed by atoms with Gasteiger partial charge in [-0.15, -0.1) is 0 Å². The fraction of sp³-hybridized carbons (Fsp3) is 0.111. The zero-order valence-electron chi connectivity index (χ0n) is 13.6. The number of carbonyl (C=O) groups excluding carboxylic acids is 1. The average molecular weight is 386 g/mol. The second-order valence-corrected chi connectivity index (χ2v) is 4.69. The molecule has 0 aliphatic heterocycles. The lowest BCUT2D eigenvalue weighted by Gasteiger charge is -2.04. The molecule has 0 unspecified atom stereocenters. The number of hydrogen-bond donors (Lipinski definition) is 1. The van der Waals surface area contributed by atoms with Crippen LogP contribution in [0.15, 0.2) is 54.6 Å². The highest BCUT2D eigenvalue weighted by atomic mass is 19.3. The normalized spacial score (nSPS) is 10.4. The Hall–Kier alpha value is -3.36.